The van der Waals surface area contributed by atoms with Gasteiger partial charge in [-0.1, -0.05) is 13.3 Å². The van der Waals surface area contributed by atoms with Crippen molar-refractivity contribution in [2.45, 2.75) is 32.3 Å². The largest absolute Gasteiger partial charge is 0.385 e. The maximum Gasteiger partial charge on any atom is 0.161 e. The summed E-state index contributed by atoms with van der Waals surface area (Å²) in [6.45, 7) is 2.24. The fourth-order valence-corrected chi connectivity index (χ4v) is 2.31. The van der Waals surface area contributed by atoms with Gasteiger partial charge in [0.1, 0.15) is 12.4 Å². The molecule has 1 N–H and O–H groups in total. The van der Waals surface area contributed by atoms with Gasteiger partial charge in [0.05, 0.1) is 0 Å². The van der Waals surface area contributed by atoms with Crippen LogP contribution in [-0.2, 0) is 7.05 Å². The highest BCUT2D eigenvalue weighted by Crippen LogP contribution is 2.37. The van der Waals surface area contributed by atoms with Gasteiger partial charge in [0.25, 0.3) is 0 Å². The molecule has 4 nitrogen and oxygen atoms in total. The van der Waals surface area contributed by atoms with Crippen molar-refractivity contribution in [3.05, 3.63) is 12.2 Å². The lowest BCUT2D eigenvalue weighted by Gasteiger charge is -2.16. The molecule has 0 spiro atoms. The Morgan fingerprint density at radius 2 is 2.36 bits per heavy atom. The van der Waals surface area contributed by atoms with E-state index in [0.29, 0.717) is 11.7 Å². The van der Waals surface area contributed by atoms with Crippen LogP contribution in [0.5, 0.6) is 0 Å². The van der Waals surface area contributed by atoms with E-state index in [9.17, 15) is 5.11 Å². The maximum absolute atomic E-state index is 10.1. The minimum absolute atomic E-state index is 0.368. The molecular formula is C10H17N3O. The van der Waals surface area contributed by atoms with E-state index in [4.69, 9.17) is 0 Å². The summed E-state index contributed by atoms with van der Waals surface area (Å²) >= 11 is 0. The number of aliphatic hydroxyl groups is 1. The van der Waals surface area contributed by atoms with Gasteiger partial charge in [-0.2, -0.15) is 0 Å². The highest BCUT2D eigenvalue weighted by molar-refractivity contribution is 4.95. The lowest BCUT2D eigenvalue weighted by Crippen LogP contribution is -2.14. The molecule has 0 radical (unpaired) electrons. The predicted octanol–water partition coefficient (Wildman–Crippen LogP) is 1.28. The molecule has 0 saturated heterocycles. The third-order valence-corrected chi connectivity index (χ3v) is 3.19. The first-order chi connectivity index (χ1) is 6.68. The second kappa shape index (κ2) is 3.69. The van der Waals surface area contributed by atoms with Crippen LogP contribution in [-0.4, -0.2) is 19.9 Å². The van der Waals surface area contributed by atoms with Gasteiger partial charge in [-0.15, -0.1) is 10.2 Å². The number of aromatic nitrogens is 3. The summed E-state index contributed by atoms with van der Waals surface area (Å²) in [5, 5.41) is 17.8. The van der Waals surface area contributed by atoms with Crippen LogP contribution >= 0.6 is 0 Å². The molecule has 0 bridgehead atoms. The Bertz CT molecular complexity index is 310. The fraction of sp³-hybridized carbons (Fsp3) is 0.800. The molecule has 0 aromatic carbocycles. The molecule has 1 heterocycles. The van der Waals surface area contributed by atoms with E-state index < -0.39 is 6.10 Å². The van der Waals surface area contributed by atoms with Crippen LogP contribution in [0.2, 0.25) is 0 Å². The molecule has 1 saturated carbocycles. The van der Waals surface area contributed by atoms with Crippen molar-refractivity contribution in [1.29, 1.82) is 0 Å². The standard InChI is InChI=1S/C10H17N3O/c1-7-3-4-8(5-7)9(14)10-12-11-6-13(10)2/h6-9,14H,3-5H2,1-2H3. The van der Waals surface area contributed by atoms with Crippen molar-refractivity contribution in [1.82, 2.24) is 14.8 Å². The highest BCUT2D eigenvalue weighted by atomic mass is 16.3. The number of rotatable bonds is 2. The normalized spacial score (nSPS) is 29.4. The van der Waals surface area contributed by atoms with Gasteiger partial charge in [-0.25, -0.2) is 0 Å². The average molecular weight is 195 g/mol. The van der Waals surface area contributed by atoms with Crippen LogP contribution in [0.1, 0.15) is 38.1 Å². The molecule has 4 heteroatoms. The summed E-state index contributed by atoms with van der Waals surface area (Å²) in [5.74, 6) is 1.81. The van der Waals surface area contributed by atoms with Crippen molar-refractivity contribution >= 4 is 0 Å². The Morgan fingerprint density at radius 3 is 2.86 bits per heavy atom. The first-order valence-corrected chi connectivity index (χ1v) is 5.20. The average Bonchev–Trinajstić information content (AvgIpc) is 2.73. The molecule has 1 fully saturated rings. The topological polar surface area (TPSA) is 50.9 Å². The first-order valence-electron chi connectivity index (χ1n) is 5.20. The molecule has 1 aliphatic rings. The zero-order valence-electron chi connectivity index (χ0n) is 8.72. The SMILES string of the molecule is CC1CCC(C(O)c2nncn2C)C1. The molecule has 1 aromatic rings. The van der Waals surface area contributed by atoms with E-state index >= 15 is 0 Å². The van der Waals surface area contributed by atoms with E-state index in [1.807, 2.05) is 7.05 Å². The van der Waals surface area contributed by atoms with Crippen molar-refractivity contribution in [2.24, 2.45) is 18.9 Å². The van der Waals surface area contributed by atoms with Crippen LogP contribution in [0.4, 0.5) is 0 Å². The van der Waals surface area contributed by atoms with Crippen LogP contribution in [0.3, 0.4) is 0 Å². The molecule has 1 aliphatic carbocycles. The lowest BCUT2D eigenvalue weighted by molar-refractivity contribution is 0.0977. The molecular weight excluding hydrogens is 178 g/mol. The van der Waals surface area contributed by atoms with E-state index in [2.05, 4.69) is 17.1 Å². The monoisotopic (exact) mass is 195 g/mol. The Kier molecular flexibility index (Phi) is 2.54. The summed E-state index contributed by atoms with van der Waals surface area (Å²) in [6, 6.07) is 0. The molecule has 2 rings (SSSR count). The molecule has 1 aromatic heterocycles. The third kappa shape index (κ3) is 1.66. The van der Waals surface area contributed by atoms with Crippen molar-refractivity contribution < 1.29 is 5.11 Å². The minimum atomic E-state index is -0.438. The molecule has 0 amide bonds. The number of nitrogens with zero attached hydrogens (tertiary/aromatic N) is 3. The molecule has 14 heavy (non-hydrogen) atoms. The zero-order chi connectivity index (χ0) is 10.1. The van der Waals surface area contributed by atoms with Crippen LogP contribution < -0.4 is 0 Å². The van der Waals surface area contributed by atoms with Gasteiger partial charge < -0.3 is 9.67 Å². The Hall–Kier alpha value is -0.900. The molecule has 78 valence electrons. The van der Waals surface area contributed by atoms with Crippen molar-refractivity contribution in [3.8, 4) is 0 Å². The van der Waals surface area contributed by atoms with E-state index in [1.54, 1.807) is 10.9 Å². The van der Waals surface area contributed by atoms with Gasteiger partial charge in [0.2, 0.25) is 0 Å². The predicted molar refractivity (Wildman–Crippen MR) is 52.5 cm³/mol. The first kappa shape index (κ1) is 9.65. The highest BCUT2D eigenvalue weighted by Gasteiger charge is 2.30. The molecule has 3 unspecified atom stereocenters. The zero-order valence-corrected chi connectivity index (χ0v) is 8.72. The summed E-state index contributed by atoms with van der Waals surface area (Å²) in [7, 11) is 1.87. The smallest absolute Gasteiger partial charge is 0.161 e. The second-order valence-corrected chi connectivity index (χ2v) is 4.42. The van der Waals surface area contributed by atoms with Gasteiger partial charge in [0, 0.05) is 7.05 Å². The van der Waals surface area contributed by atoms with Crippen LogP contribution in [0, 0.1) is 11.8 Å². The van der Waals surface area contributed by atoms with Crippen molar-refractivity contribution in [2.75, 3.05) is 0 Å². The maximum atomic E-state index is 10.1. The third-order valence-electron chi connectivity index (χ3n) is 3.19. The fourth-order valence-electron chi connectivity index (χ4n) is 2.31. The lowest BCUT2D eigenvalue weighted by atomic mass is 9.99. The van der Waals surface area contributed by atoms with Crippen molar-refractivity contribution in [3.63, 3.8) is 0 Å². The van der Waals surface area contributed by atoms with Gasteiger partial charge in [-0.05, 0) is 24.7 Å². The van der Waals surface area contributed by atoms with E-state index in [1.165, 1.54) is 6.42 Å². The number of aliphatic hydroxyl groups excluding tert-OH is 1. The number of aryl methyl sites for hydroxylation is 1. The summed E-state index contributed by atoms with van der Waals surface area (Å²) in [6.07, 6.45) is 4.63. The van der Waals surface area contributed by atoms with Gasteiger partial charge in [0.15, 0.2) is 5.82 Å². The molecule has 3 atom stereocenters. The van der Waals surface area contributed by atoms with Gasteiger partial charge in [-0.3, -0.25) is 0 Å². The van der Waals surface area contributed by atoms with Crippen LogP contribution in [0.25, 0.3) is 0 Å². The second-order valence-electron chi connectivity index (χ2n) is 4.42. The number of hydrogen-bond acceptors (Lipinski definition) is 3. The van der Waals surface area contributed by atoms with E-state index in [0.717, 1.165) is 18.8 Å². The van der Waals surface area contributed by atoms with E-state index in [-0.39, 0.29) is 0 Å². The summed E-state index contributed by atoms with van der Waals surface area (Å²) in [5.41, 5.74) is 0. The quantitative estimate of drug-likeness (QED) is 0.773. The number of hydrogen-bond donors (Lipinski definition) is 1. The van der Waals surface area contributed by atoms with Gasteiger partial charge >= 0.3 is 0 Å². The Balaban J connectivity index is 2.09. The van der Waals surface area contributed by atoms with Crippen LogP contribution in [0.15, 0.2) is 6.33 Å². The molecule has 0 aliphatic heterocycles. The summed E-state index contributed by atoms with van der Waals surface area (Å²) < 4.78 is 1.80. The summed E-state index contributed by atoms with van der Waals surface area (Å²) in [4.78, 5) is 0. The minimum Gasteiger partial charge on any atom is -0.385 e. The Labute approximate surface area is 84.0 Å². The Morgan fingerprint density at radius 1 is 1.57 bits per heavy atom.